The van der Waals surface area contributed by atoms with Crippen LogP contribution in [0.4, 0.5) is 0 Å². The lowest BCUT2D eigenvalue weighted by Gasteiger charge is -2.42. The zero-order valence-corrected chi connectivity index (χ0v) is 28.1. The summed E-state index contributed by atoms with van der Waals surface area (Å²) in [6.45, 7) is 6.02. The van der Waals surface area contributed by atoms with Gasteiger partial charge in [0.1, 0.15) is 22.7 Å². The highest BCUT2D eigenvalue weighted by atomic mass is 15.2. The van der Waals surface area contributed by atoms with Gasteiger partial charge in [0.2, 0.25) is 0 Å². The van der Waals surface area contributed by atoms with Crippen molar-refractivity contribution in [1.82, 2.24) is 48.8 Å². The van der Waals surface area contributed by atoms with Crippen molar-refractivity contribution in [2.24, 2.45) is 0 Å². The van der Waals surface area contributed by atoms with E-state index in [1.54, 1.807) is 0 Å². The van der Waals surface area contributed by atoms with Gasteiger partial charge in [0.25, 0.3) is 0 Å². The number of rotatable bonds is 5. The molecule has 0 spiro atoms. The van der Waals surface area contributed by atoms with Gasteiger partial charge in [-0.15, -0.1) is 0 Å². The van der Waals surface area contributed by atoms with E-state index < -0.39 is 0 Å². The van der Waals surface area contributed by atoms with Crippen molar-refractivity contribution >= 4 is 22.3 Å². The average Bonchev–Trinajstić information content (AvgIpc) is 3.48. The van der Waals surface area contributed by atoms with Crippen LogP contribution in [0.5, 0.6) is 0 Å². The van der Waals surface area contributed by atoms with Crippen LogP contribution in [-0.4, -0.2) is 87.1 Å². The highest BCUT2D eigenvalue weighted by Gasteiger charge is 2.36. The molecule has 0 saturated heterocycles. The molecule has 50 heavy (non-hydrogen) atoms. The van der Waals surface area contributed by atoms with Gasteiger partial charge in [-0.25, -0.2) is 19.9 Å². The Balaban J connectivity index is 0.769. The maximum absolute atomic E-state index is 9.12. The summed E-state index contributed by atoms with van der Waals surface area (Å²) >= 11 is 0. The number of nitrogens with zero attached hydrogens (tertiary/aromatic N) is 11. The predicted molar refractivity (Wildman–Crippen MR) is 190 cm³/mol. The second kappa shape index (κ2) is 12.1. The third-order valence-corrected chi connectivity index (χ3v) is 11.7. The second-order valence-corrected chi connectivity index (χ2v) is 14.5. The first-order valence-corrected chi connectivity index (χ1v) is 18.2. The zero-order chi connectivity index (χ0) is 33.2. The number of hydrogen-bond acceptors (Lipinski definition) is 9. The molecule has 2 aliphatic heterocycles. The molecule has 0 N–H and O–H groups in total. The Morgan fingerprint density at radius 2 is 1.26 bits per heavy atom. The third-order valence-electron chi connectivity index (χ3n) is 11.7. The van der Waals surface area contributed by atoms with Crippen LogP contribution in [0.2, 0.25) is 0 Å². The van der Waals surface area contributed by atoms with Crippen molar-refractivity contribution in [3.05, 3.63) is 84.1 Å². The molecule has 0 radical (unpaired) electrons. The number of pyridine rings is 2. The molecule has 6 aromatic rings. The molecule has 0 amide bonds. The minimum absolute atomic E-state index is 0.439. The lowest BCUT2D eigenvalue weighted by Crippen LogP contribution is -2.45. The number of imidazole rings is 2. The molecular weight excluding hydrogens is 623 g/mol. The van der Waals surface area contributed by atoms with Crippen molar-refractivity contribution in [2.45, 2.75) is 76.0 Å². The van der Waals surface area contributed by atoms with E-state index >= 15 is 0 Å². The Morgan fingerprint density at radius 3 is 1.86 bits per heavy atom. The lowest BCUT2D eigenvalue weighted by molar-refractivity contribution is 0.109. The molecule has 2 aliphatic carbocycles. The molecule has 1 aromatic carbocycles. The van der Waals surface area contributed by atoms with Gasteiger partial charge >= 0.3 is 0 Å². The fraction of sp³-hybridized carbons (Fsp3) is 0.410. The van der Waals surface area contributed by atoms with E-state index in [1.807, 2.05) is 49.1 Å². The molecule has 2 fully saturated rings. The first-order chi connectivity index (χ1) is 24.7. The Kier molecular flexibility index (Phi) is 7.20. The van der Waals surface area contributed by atoms with Gasteiger partial charge in [0.15, 0.2) is 11.3 Å². The number of benzene rings is 1. The van der Waals surface area contributed by atoms with Crippen LogP contribution in [0, 0.1) is 11.3 Å². The molecule has 0 atom stereocenters. The van der Waals surface area contributed by atoms with Crippen molar-refractivity contribution in [2.75, 3.05) is 26.2 Å². The minimum atomic E-state index is 0.439. The Labute approximate surface area is 290 Å². The average molecular weight is 662 g/mol. The summed E-state index contributed by atoms with van der Waals surface area (Å²) in [4.78, 5) is 34.7. The van der Waals surface area contributed by atoms with Crippen LogP contribution >= 0.6 is 0 Å². The third kappa shape index (κ3) is 5.17. The Hall–Kier alpha value is -5.05. The van der Waals surface area contributed by atoms with Crippen LogP contribution in [0.25, 0.3) is 44.7 Å². The largest absolute Gasteiger partial charge is 0.311 e. The van der Waals surface area contributed by atoms with Gasteiger partial charge in [-0.1, -0.05) is 18.6 Å². The number of hydrogen-bond donors (Lipinski definition) is 0. The Bertz CT molecular complexity index is 2250. The molecule has 11 nitrogen and oxygen atoms in total. The van der Waals surface area contributed by atoms with Gasteiger partial charge in [0.05, 0.1) is 29.2 Å². The zero-order valence-electron chi connectivity index (χ0n) is 28.1. The molecule has 11 heteroatoms. The molecule has 4 aliphatic rings. The maximum Gasteiger partial charge on any atom is 0.160 e. The predicted octanol–water partition coefficient (Wildman–Crippen LogP) is 5.39. The number of nitriles is 1. The van der Waals surface area contributed by atoms with Gasteiger partial charge in [0, 0.05) is 99.8 Å². The van der Waals surface area contributed by atoms with E-state index in [2.05, 4.69) is 37.1 Å². The van der Waals surface area contributed by atoms with Gasteiger partial charge in [-0.2, -0.15) is 5.26 Å². The van der Waals surface area contributed by atoms with E-state index in [4.69, 9.17) is 35.2 Å². The summed E-state index contributed by atoms with van der Waals surface area (Å²) < 4.78 is 4.63. The van der Waals surface area contributed by atoms with Crippen LogP contribution < -0.4 is 0 Å². The molecular formula is C39H39N11. The van der Waals surface area contributed by atoms with Crippen molar-refractivity contribution in [1.29, 1.82) is 5.26 Å². The summed E-state index contributed by atoms with van der Waals surface area (Å²) in [5.74, 6) is 2.70. The Morgan fingerprint density at radius 1 is 0.620 bits per heavy atom. The van der Waals surface area contributed by atoms with Crippen molar-refractivity contribution in [3.63, 3.8) is 0 Å². The normalized spacial score (nSPS) is 21.5. The standard InChI is InChI=1S/C39H39N11/c40-20-25-4-6-26(7-5-25)28-18-32-38(43-21-28)50-15-13-48(11-9-37(50)45-32)31-16-27(17-31)34-23-42-35(24-41-34)29-19-33-39(44-22-29)49-14-12-47(30-2-1-3-30)10-8-36(49)46-33/h4-7,18-19,21-24,27,30-31H,1-3,8-17H2. The SMILES string of the molecule is N#Cc1ccc(-c2cnc3c(c2)nc2n3CCN(C3CC(c4cnc(-c5cnc6c(c5)nc5n6CCN(C6CCC6)CC5)cn4)C3)CC2)cc1. The smallest absolute Gasteiger partial charge is 0.160 e. The van der Waals surface area contributed by atoms with E-state index in [0.717, 1.165) is 133 Å². The summed E-state index contributed by atoms with van der Waals surface area (Å²) in [6.07, 6.45) is 15.9. The molecule has 250 valence electrons. The molecule has 5 aromatic heterocycles. The first-order valence-electron chi connectivity index (χ1n) is 18.2. The molecule has 0 bridgehead atoms. The van der Waals surface area contributed by atoms with Crippen LogP contribution in [0.15, 0.2) is 61.2 Å². The maximum atomic E-state index is 9.12. The summed E-state index contributed by atoms with van der Waals surface area (Å²) in [5.41, 5.74) is 9.47. The molecule has 2 saturated carbocycles. The van der Waals surface area contributed by atoms with Crippen LogP contribution in [0.3, 0.4) is 0 Å². The minimum Gasteiger partial charge on any atom is -0.311 e. The lowest BCUT2D eigenvalue weighted by atomic mass is 9.77. The highest BCUT2D eigenvalue weighted by molar-refractivity contribution is 5.79. The number of aromatic nitrogens is 8. The molecule has 0 unspecified atom stereocenters. The van der Waals surface area contributed by atoms with Gasteiger partial charge in [-0.05, 0) is 55.5 Å². The van der Waals surface area contributed by atoms with Crippen molar-refractivity contribution in [3.8, 4) is 28.5 Å². The van der Waals surface area contributed by atoms with Gasteiger partial charge in [-0.3, -0.25) is 19.8 Å². The van der Waals surface area contributed by atoms with Crippen LogP contribution in [-0.2, 0) is 25.9 Å². The molecule has 10 rings (SSSR count). The molecule has 7 heterocycles. The summed E-state index contributed by atoms with van der Waals surface area (Å²) in [6, 6.07) is 15.4. The van der Waals surface area contributed by atoms with E-state index in [-0.39, 0.29) is 0 Å². The summed E-state index contributed by atoms with van der Waals surface area (Å²) in [5, 5.41) is 9.12. The van der Waals surface area contributed by atoms with E-state index in [9.17, 15) is 0 Å². The topological polar surface area (TPSA) is 117 Å². The summed E-state index contributed by atoms with van der Waals surface area (Å²) in [7, 11) is 0. The number of fused-ring (bicyclic) bond motifs is 6. The van der Waals surface area contributed by atoms with Gasteiger partial charge < -0.3 is 9.13 Å². The quantitative estimate of drug-likeness (QED) is 0.240. The van der Waals surface area contributed by atoms with E-state index in [0.29, 0.717) is 17.5 Å². The van der Waals surface area contributed by atoms with E-state index in [1.165, 1.54) is 19.3 Å². The highest BCUT2D eigenvalue weighted by Crippen LogP contribution is 2.40. The second-order valence-electron chi connectivity index (χ2n) is 14.5. The van der Waals surface area contributed by atoms with Crippen LogP contribution in [0.1, 0.15) is 60.9 Å². The fourth-order valence-corrected chi connectivity index (χ4v) is 8.48. The fourth-order valence-electron chi connectivity index (χ4n) is 8.48. The van der Waals surface area contributed by atoms with Crippen molar-refractivity contribution < 1.29 is 0 Å². The first kappa shape index (κ1) is 29.8. The monoisotopic (exact) mass is 661 g/mol.